The minimum atomic E-state index is -3.90. The van der Waals surface area contributed by atoms with Gasteiger partial charge in [-0.3, -0.25) is 4.79 Å². The van der Waals surface area contributed by atoms with Gasteiger partial charge in [0.15, 0.2) is 0 Å². The lowest BCUT2D eigenvalue weighted by Crippen LogP contribution is -2.27. The van der Waals surface area contributed by atoms with Crippen molar-refractivity contribution in [2.24, 2.45) is 0 Å². The van der Waals surface area contributed by atoms with Gasteiger partial charge in [-0.15, -0.1) is 0 Å². The highest BCUT2D eigenvalue weighted by Gasteiger charge is 2.22. The molecule has 21 heavy (non-hydrogen) atoms. The third kappa shape index (κ3) is 4.83. The summed E-state index contributed by atoms with van der Waals surface area (Å²) < 4.78 is 31.2. The topological polar surface area (TPSA) is 110 Å². The SMILES string of the molecule is COC(=O)c1cc(C)ccc1S(=O)(=O)NCCCC(=O)O. The first-order valence-electron chi connectivity index (χ1n) is 6.18. The van der Waals surface area contributed by atoms with Crippen LogP contribution in [0.1, 0.15) is 28.8 Å². The van der Waals surface area contributed by atoms with E-state index in [4.69, 9.17) is 5.11 Å². The Morgan fingerprint density at radius 2 is 2.00 bits per heavy atom. The van der Waals surface area contributed by atoms with Crippen LogP contribution in [-0.2, 0) is 19.6 Å². The van der Waals surface area contributed by atoms with Crippen LogP contribution in [-0.4, -0.2) is 39.1 Å². The Morgan fingerprint density at radius 1 is 1.33 bits per heavy atom. The minimum absolute atomic E-state index is 0.0247. The predicted octanol–water partition coefficient (Wildman–Crippen LogP) is 0.925. The number of aliphatic carboxylic acids is 1. The lowest BCUT2D eigenvalue weighted by Gasteiger charge is -2.11. The average Bonchev–Trinajstić information content (AvgIpc) is 2.42. The second-order valence-corrected chi connectivity index (χ2v) is 6.12. The fourth-order valence-corrected chi connectivity index (χ4v) is 2.92. The molecule has 1 aromatic carbocycles. The summed E-state index contributed by atoms with van der Waals surface area (Å²) in [5.74, 6) is -1.75. The Labute approximate surface area is 123 Å². The molecule has 0 spiro atoms. The molecule has 0 saturated carbocycles. The molecule has 0 aromatic heterocycles. The molecule has 0 fully saturated rings. The van der Waals surface area contributed by atoms with E-state index in [0.29, 0.717) is 0 Å². The first kappa shape index (κ1) is 17.1. The van der Waals surface area contributed by atoms with Gasteiger partial charge in [0.1, 0.15) is 0 Å². The van der Waals surface area contributed by atoms with E-state index in [1.807, 2.05) is 0 Å². The van der Waals surface area contributed by atoms with Crippen molar-refractivity contribution in [2.45, 2.75) is 24.7 Å². The molecule has 1 aromatic rings. The fourth-order valence-electron chi connectivity index (χ4n) is 1.67. The van der Waals surface area contributed by atoms with Crippen LogP contribution >= 0.6 is 0 Å². The van der Waals surface area contributed by atoms with Gasteiger partial charge in [-0.2, -0.15) is 0 Å². The Kier molecular flexibility index (Phi) is 5.86. The molecular formula is C13H17NO6S. The zero-order valence-corrected chi connectivity index (χ0v) is 12.6. The Morgan fingerprint density at radius 3 is 2.57 bits per heavy atom. The summed E-state index contributed by atoms with van der Waals surface area (Å²) in [7, 11) is -2.74. The first-order valence-corrected chi connectivity index (χ1v) is 7.66. The lowest BCUT2D eigenvalue weighted by molar-refractivity contribution is -0.137. The zero-order chi connectivity index (χ0) is 16.0. The van der Waals surface area contributed by atoms with Gasteiger partial charge >= 0.3 is 11.9 Å². The standard InChI is InChI=1S/C13H17NO6S/c1-9-5-6-11(10(8-9)13(17)20-2)21(18,19)14-7-3-4-12(15)16/h5-6,8,14H,3-4,7H2,1-2H3,(H,15,16). The molecule has 0 aliphatic heterocycles. The number of carboxylic acids is 1. The summed E-state index contributed by atoms with van der Waals surface area (Å²) in [6.45, 7) is 1.70. The molecule has 8 heteroatoms. The Balaban J connectivity index is 2.97. The summed E-state index contributed by atoms with van der Waals surface area (Å²) in [5.41, 5.74) is 0.670. The van der Waals surface area contributed by atoms with E-state index in [2.05, 4.69) is 9.46 Å². The minimum Gasteiger partial charge on any atom is -0.481 e. The monoisotopic (exact) mass is 315 g/mol. The molecule has 0 bridgehead atoms. The molecule has 0 unspecified atom stereocenters. The van der Waals surface area contributed by atoms with Crippen molar-refractivity contribution >= 4 is 22.0 Å². The quantitative estimate of drug-likeness (QED) is 0.572. The lowest BCUT2D eigenvalue weighted by atomic mass is 10.1. The van der Waals surface area contributed by atoms with Gasteiger partial charge in [0.25, 0.3) is 0 Å². The van der Waals surface area contributed by atoms with E-state index < -0.39 is 22.0 Å². The van der Waals surface area contributed by atoms with Crippen LogP contribution in [0.5, 0.6) is 0 Å². The maximum Gasteiger partial charge on any atom is 0.339 e. The van der Waals surface area contributed by atoms with Gasteiger partial charge in [-0.05, 0) is 25.5 Å². The number of carbonyl (C=O) groups excluding carboxylic acids is 1. The van der Waals surface area contributed by atoms with Crippen molar-refractivity contribution in [2.75, 3.05) is 13.7 Å². The van der Waals surface area contributed by atoms with Crippen molar-refractivity contribution in [1.29, 1.82) is 0 Å². The van der Waals surface area contributed by atoms with Crippen LogP contribution < -0.4 is 4.72 Å². The fraction of sp³-hybridized carbons (Fsp3) is 0.385. The molecule has 1 rings (SSSR count). The van der Waals surface area contributed by atoms with E-state index >= 15 is 0 Å². The van der Waals surface area contributed by atoms with Gasteiger partial charge < -0.3 is 9.84 Å². The van der Waals surface area contributed by atoms with E-state index in [1.54, 1.807) is 13.0 Å². The molecule has 0 aliphatic rings. The highest BCUT2D eigenvalue weighted by molar-refractivity contribution is 7.89. The highest BCUT2D eigenvalue weighted by atomic mass is 32.2. The number of methoxy groups -OCH3 is 1. The molecule has 0 radical (unpaired) electrons. The number of esters is 1. The van der Waals surface area contributed by atoms with Crippen molar-refractivity contribution < 1.29 is 27.9 Å². The van der Waals surface area contributed by atoms with E-state index in [1.165, 1.54) is 19.2 Å². The summed E-state index contributed by atoms with van der Waals surface area (Å²) in [6, 6.07) is 4.32. The Bertz CT molecular complexity index is 638. The summed E-state index contributed by atoms with van der Waals surface area (Å²) >= 11 is 0. The molecule has 0 atom stereocenters. The maximum atomic E-state index is 12.2. The third-order valence-corrected chi connectivity index (χ3v) is 4.21. The number of carbonyl (C=O) groups is 2. The maximum absolute atomic E-state index is 12.2. The van der Waals surface area contributed by atoms with Crippen molar-refractivity contribution in [3.63, 3.8) is 0 Å². The number of nitrogens with one attached hydrogen (secondary N) is 1. The zero-order valence-electron chi connectivity index (χ0n) is 11.8. The highest BCUT2D eigenvalue weighted by Crippen LogP contribution is 2.18. The van der Waals surface area contributed by atoms with Gasteiger partial charge in [0, 0.05) is 13.0 Å². The van der Waals surface area contributed by atoms with Crippen LogP contribution in [0.3, 0.4) is 0 Å². The second-order valence-electron chi connectivity index (χ2n) is 4.39. The molecule has 0 saturated heterocycles. The van der Waals surface area contributed by atoms with Crippen LogP contribution in [0.4, 0.5) is 0 Å². The first-order chi connectivity index (χ1) is 9.77. The van der Waals surface area contributed by atoms with Crippen LogP contribution in [0.15, 0.2) is 23.1 Å². The molecule has 116 valence electrons. The second kappa shape index (κ2) is 7.19. The molecule has 0 amide bonds. The van der Waals surface area contributed by atoms with Crippen LogP contribution in [0.2, 0.25) is 0 Å². The average molecular weight is 315 g/mol. The van der Waals surface area contributed by atoms with E-state index in [-0.39, 0.29) is 29.8 Å². The number of carboxylic acid groups (broad SMARTS) is 1. The smallest absolute Gasteiger partial charge is 0.339 e. The van der Waals surface area contributed by atoms with Crippen molar-refractivity contribution in [3.05, 3.63) is 29.3 Å². The molecule has 7 nitrogen and oxygen atoms in total. The number of hydrogen-bond acceptors (Lipinski definition) is 5. The van der Waals surface area contributed by atoms with Crippen molar-refractivity contribution in [1.82, 2.24) is 4.72 Å². The number of ether oxygens (including phenoxy) is 1. The molecule has 0 aliphatic carbocycles. The van der Waals surface area contributed by atoms with Crippen LogP contribution in [0, 0.1) is 6.92 Å². The summed E-state index contributed by atoms with van der Waals surface area (Å²) in [5, 5.41) is 8.50. The predicted molar refractivity (Wildman–Crippen MR) is 74.6 cm³/mol. The van der Waals surface area contributed by atoms with Crippen molar-refractivity contribution in [3.8, 4) is 0 Å². The van der Waals surface area contributed by atoms with E-state index in [0.717, 1.165) is 5.56 Å². The molecule has 2 N–H and O–H groups in total. The molecule has 0 heterocycles. The third-order valence-electron chi connectivity index (χ3n) is 2.69. The van der Waals surface area contributed by atoms with Gasteiger partial charge in [0.2, 0.25) is 10.0 Å². The van der Waals surface area contributed by atoms with Gasteiger partial charge in [-0.1, -0.05) is 11.6 Å². The number of rotatable bonds is 7. The number of hydrogen-bond donors (Lipinski definition) is 2. The molecular weight excluding hydrogens is 298 g/mol. The normalized spacial score (nSPS) is 11.1. The van der Waals surface area contributed by atoms with E-state index in [9.17, 15) is 18.0 Å². The Hall–Kier alpha value is -1.93. The van der Waals surface area contributed by atoms with Gasteiger partial charge in [-0.25, -0.2) is 17.9 Å². The largest absolute Gasteiger partial charge is 0.481 e. The summed E-state index contributed by atoms with van der Waals surface area (Å²) in [4.78, 5) is 21.9. The van der Waals surface area contributed by atoms with Gasteiger partial charge in [0.05, 0.1) is 17.6 Å². The number of sulfonamides is 1. The number of benzene rings is 1. The summed E-state index contributed by atoms with van der Waals surface area (Å²) in [6.07, 6.45) is 0.0221. The number of aryl methyl sites for hydroxylation is 1. The van der Waals surface area contributed by atoms with Crippen LogP contribution in [0.25, 0.3) is 0 Å².